The minimum absolute atomic E-state index is 0.0945. The molecule has 0 atom stereocenters. The lowest BCUT2D eigenvalue weighted by Gasteiger charge is -2.06. The lowest BCUT2D eigenvalue weighted by Crippen LogP contribution is -2.18. The van der Waals surface area contributed by atoms with Gasteiger partial charge in [0.25, 0.3) is 0 Å². The number of aryl methyl sites for hydroxylation is 2. The van der Waals surface area contributed by atoms with E-state index in [2.05, 4.69) is 10.5 Å². The zero-order valence-corrected chi connectivity index (χ0v) is 12.8. The average Bonchev–Trinajstić information content (AvgIpc) is 2.82. The van der Waals surface area contributed by atoms with E-state index in [1.807, 2.05) is 0 Å². The molecule has 0 aliphatic rings. The van der Waals surface area contributed by atoms with Crippen LogP contribution >= 0.6 is 0 Å². The lowest BCUT2D eigenvalue weighted by atomic mass is 10.1. The van der Waals surface area contributed by atoms with Gasteiger partial charge in [-0.25, -0.2) is 4.79 Å². The van der Waals surface area contributed by atoms with E-state index >= 15 is 0 Å². The van der Waals surface area contributed by atoms with Crippen molar-refractivity contribution in [2.75, 3.05) is 0 Å². The van der Waals surface area contributed by atoms with Crippen molar-refractivity contribution in [3.8, 4) is 0 Å². The van der Waals surface area contributed by atoms with E-state index in [0.29, 0.717) is 17.9 Å². The van der Waals surface area contributed by atoms with Crippen LogP contribution in [0.3, 0.4) is 0 Å². The maximum atomic E-state index is 12.0. The summed E-state index contributed by atoms with van der Waals surface area (Å²) in [5.74, 6) is 0.143. The highest BCUT2D eigenvalue weighted by Crippen LogP contribution is 2.14. The third-order valence-electron chi connectivity index (χ3n) is 3.26. The van der Waals surface area contributed by atoms with E-state index in [1.54, 1.807) is 38.1 Å². The maximum Gasteiger partial charge on any atom is 0.338 e. The second-order valence-corrected chi connectivity index (χ2v) is 4.99. The molecular formula is C16H18N2O4. The number of hydrogen-bond donors (Lipinski definition) is 1. The highest BCUT2D eigenvalue weighted by atomic mass is 16.5. The number of hydrogen-bond acceptors (Lipinski definition) is 5. The van der Waals surface area contributed by atoms with Crippen LogP contribution in [0.2, 0.25) is 0 Å². The van der Waals surface area contributed by atoms with Crippen molar-refractivity contribution in [1.82, 2.24) is 10.5 Å². The van der Waals surface area contributed by atoms with Crippen molar-refractivity contribution in [3.63, 3.8) is 0 Å². The fraction of sp³-hybridized carbons (Fsp3) is 0.312. The highest BCUT2D eigenvalue weighted by molar-refractivity contribution is 5.89. The number of rotatable bonds is 5. The SMILES string of the molecule is CC(=O)NCc1ccc(C(=O)OCc2c(C)noc2C)cc1. The first-order valence-corrected chi connectivity index (χ1v) is 6.89. The molecule has 116 valence electrons. The van der Waals surface area contributed by atoms with E-state index in [-0.39, 0.29) is 12.5 Å². The van der Waals surface area contributed by atoms with Gasteiger partial charge in [-0.1, -0.05) is 17.3 Å². The molecule has 0 aliphatic carbocycles. The zero-order chi connectivity index (χ0) is 16.1. The zero-order valence-electron chi connectivity index (χ0n) is 12.8. The van der Waals surface area contributed by atoms with Crippen LogP contribution in [0, 0.1) is 13.8 Å². The summed E-state index contributed by atoms with van der Waals surface area (Å²) in [4.78, 5) is 22.8. The van der Waals surface area contributed by atoms with Gasteiger partial charge in [0.15, 0.2) is 0 Å². The molecule has 1 heterocycles. The molecule has 2 rings (SSSR count). The number of nitrogens with one attached hydrogen (secondary N) is 1. The quantitative estimate of drug-likeness (QED) is 0.857. The van der Waals surface area contributed by atoms with Crippen LogP contribution in [0.5, 0.6) is 0 Å². The first-order valence-electron chi connectivity index (χ1n) is 6.89. The van der Waals surface area contributed by atoms with Gasteiger partial charge in [-0.2, -0.15) is 0 Å². The Morgan fingerprint density at radius 1 is 1.23 bits per heavy atom. The molecule has 0 radical (unpaired) electrons. The number of amides is 1. The Balaban J connectivity index is 1.94. The minimum Gasteiger partial charge on any atom is -0.457 e. The topological polar surface area (TPSA) is 81.4 Å². The smallest absolute Gasteiger partial charge is 0.338 e. The van der Waals surface area contributed by atoms with Gasteiger partial charge in [0, 0.05) is 13.5 Å². The Labute approximate surface area is 128 Å². The van der Waals surface area contributed by atoms with Crippen LogP contribution in [-0.4, -0.2) is 17.0 Å². The van der Waals surface area contributed by atoms with E-state index in [9.17, 15) is 9.59 Å². The number of benzene rings is 1. The number of esters is 1. The molecule has 6 nitrogen and oxygen atoms in total. The molecular weight excluding hydrogens is 284 g/mol. The number of aromatic nitrogens is 1. The van der Waals surface area contributed by atoms with Crippen LogP contribution in [0.25, 0.3) is 0 Å². The summed E-state index contributed by atoms with van der Waals surface area (Å²) >= 11 is 0. The summed E-state index contributed by atoms with van der Waals surface area (Å²) in [6.07, 6.45) is 0. The van der Waals surface area contributed by atoms with Crippen LogP contribution in [-0.2, 0) is 22.7 Å². The first kappa shape index (κ1) is 15.8. The van der Waals surface area contributed by atoms with Gasteiger partial charge in [0.1, 0.15) is 12.4 Å². The van der Waals surface area contributed by atoms with Gasteiger partial charge in [-0.3, -0.25) is 4.79 Å². The van der Waals surface area contributed by atoms with E-state index in [1.165, 1.54) is 6.92 Å². The summed E-state index contributed by atoms with van der Waals surface area (Å²) < 4.78 is 10.3. The van der Waals surface area contributed by atoms with Crippen LogP contribution < -0.4 is 5.32 Å². The van der Waals surface area contributed by atoms with Crippen molar-refractivity contribution in [2.24, 2.45) is 0 Å². The molecule has 0 bridgehead atoms. The van der Waals surface area contributed by atoms with Gasteiger partial charge >= 0.3 is 5.97 Å². The molecule has 1 N–H and O–H groups in total. The molecule has 22 heavy (non-hydrogen) atoms. The molecule has 2 aromatic rings. The molecule has 0 saturated carbocycles. The Morgan fingerprint density at radius 2 is 1.91 bits per heavy atom. The molecule has 0 fully saturated rings. The maximum absolute atomic E-state index is 12.0. The standard InChI is InChI=1S/C16H18N2O4/c1-10-15(11(2)22-18-10)9-21-16(20)14-6-4-13(5-7-14)8-17-12(3)19/h4-7H,8-9H2,1-3H3,(H,17,19). The molecule has 6 heteroatoms. The molecule has 1 aromatic heterocycles. The van der Waals surface area contributed by atoms with Crippen molar-refractivity contribution in [2.45, 2.75) is 33.9 Å². The third-order valence-corrected chi connectivity index (χ3v) is 3.26. The fourth-order valence-electron chi connectivity index (χ4n) is 1.91. The van der Waals surface area contributed by atoms with Crippen LogP contribution in [0.4, 0.5) is 0 Å². The third kappa shape index (κ3) is 3.94. The molecule has 1 aromatic carbocycles. The molecule has 0 saturated heterocycles. The number of carbonyl (C=O) groups is 2. The van der Waals surface area contributed by atoms with E-state index in [4.69, 9.17) is 9.26 Å². The Bertz CT molecular complexity index is 654. The largest absolute Gasteiger partial charge is 0.457 e. The van der Waals surface area contributed by atoms with E-state index in [0.717, 1.165) is 16.8 Å². The monoisotopic (exact) mass is 302 g/mol. The van der Waals surface area contributed by atoms with Gasteiger partial charge in [-0.15, -0.1) is 0 Å². The number of carbonyl (C=O) groups excluding carboxylic acids is 2. The first-order chi connectivity index (χ1) is 10.5. The van der Waals surface area contributed by atoms with Gasteiger partial charge in [-0.05, 0) is 31.5 Å². The van der Waals surface area contributed by atoms with Crippen molar-refractivity contribution < 1.29 is 18.8 Å². The minimum atomic E-state index is -0.411. The summed E-state index contributed by atoms with van der Waals surface area (Å²) in [5.41, 5.74) is 2.88. The summed E-state index contributed by atoms with van der Waals surface area (Å²) in [6, 6.07) is 6.91. The average molecular weight is 302 g/mol. The Kier molecular flexibility index (Phi) is 4.93. The van der Waals surface area contributed by atoms with Crippen molar-refractivity contribution in [1.29, 1.82) is 0 Å². The molecule has 0 spiro atoms. The lowest BCUT2D eigenvalue weighted by molar-refractivity contribution is -0.119. The fourth-order valence-corrected chi connectivity index (χ4v) is 1.91. The second-order valence-electron chi connectivity index (χ2n) is 4.99. The van der Waals surface area contributed by atoms with Crippen LogP contribution in [0.1, 0.15) is 39.9 Å². The summed E-state index contributed by atoms with van der Waals surface area (Å²) in [5, 5.41) is 6.51. The highest BCUT2D eigenvalue weighted by Gasteiger charge is 2.13. The Hall–Kier alpha value is -2.63. The summed E-state index contributed by atoms with van der Waals surface area (Å²) in [6.45, 7) is 5.61. The van der Waals surface area contributed by atoms with Crippen molar-refractivity contribution >= 4 is 11.9 Å². The normalized spacial score (nSPS) is 10.3. The van der Waals surface area contributed by atoms with Gasteiger partial charge in [0.05, 0.1) is 16.8 Å². The van der Waals surface area contributed by atoms with Gasteiger partial charge in [0.2, 0.25) is 5.91 Å². The Morgan fingerprint density at radius 3 is 2.45 bits per heavy atom. The molecule has 0 unspecified atom stereocenters. The second kappa shape index (κ2) is 6.89. The van der Waals surface area contributed by atoms with Gasteiger partial charge < -0.3 is 14.6 Å². The predicted molar refractivity (Wildman–Crippen MR) is 79.1 cm³/mol. The molecule has 1 amide bonds. The van der Waals surface area contributed by atoms with E-state index < -0.39 is 5.97 Å². The predicted octanol–water partition coefficient (Wildman–Crippen LogP) is 2.28. The van der Waals surface area contributed by atoms with Crippen molar-refractivity contribution in [3.05, 3.63) is 52.4 Å². The number of ether oxygens (including phenoxy) is 1. The van der Waals surface area contributed by atoms with Crippen LogP contribution in [0.15, 0.2) is 28.8 Å². The molecule has 0 aliphatic heterocycles. The summed E-state index contributed by atoms with van der Waals surface area (Å²) in [7, 11) is 0. The number of nitrogens with zero attached hydrogens (tertiary/aromatic N) is 1.